The molecule has 0 spiro atoms. The molecular formula is C19H29FN2O. The minimum absolute atomic E-state index is 0.100. The molecule has 3 rings (SSSR count). The summed E-state index contributed by atoms with van der Waals surface area (Å²) in [6.07, 6.45) is 6.18. The Balaban J connectivity index is 1.51. The number of halogens is 1. The van der Waals surface area contributed by atoms with Crippen LogP contribution in [0.3, 0.4) is 0 Å². The Bertz CT molecular complexity index is 488. The van der Waals surface area contributed by atoms with Gasteiger partial charge in [-0.3, -0.25) is 4.90 Å². The van der Waals surface area contributed by atoms with E-state index in [4.69, 9.17) is 4.74 Å². The summed E-state index contributed by atoms with van der Waals surface area (Å²) < 4.78 is 19.9. The second kappa shape index (κ2) is 8.11. The zero-order valence-electron chi connectivity index (χ0n) is 14.2. The van der Waals surface area contributed by atoms with Gasteiger partial charge in [0.1, 0.15) is 5.82 Å². The van der Waals surface area contributed by atoms with Gasteiger partial charge in [-0.1, -0.05) is 19.1 Å². The van der Waals surface area contributed by atoms with E-state index in [2.05, 4.69) is 16.7 Å². The van der Waals surface area contributed by atoms with Crippen molar-refractivity contribution in [3.8, 4) is 0 Å². The highest BCUT2D eigenvalue weighted by molar-refractivity contribution is 5.47. The Labute approximate surface area is 139 Å². The van der Waals surface area contributed by atoms with Crippen LogP contribution in [0.2, 0.25) is 0 Å². The highest BCUT2D eigenvalue weighted by Crippen LogP contribution is 2.26. The van der Waals surface area contributed by atoms with Crippen molar-refractivity contribution < 1.29 is 9.13 Å². The van der Waals surface area contributed by atoms with Gasteiger partial charge in [0.15, 0.2) is 0 Å². The van der Waals surface area contributed by atoms with E-state index in [1.165, 1.54) is 19.4 Å². The van der Waals surface area contributed by atoms with Crippen LogP contribution in [-0.2, 0) is 4.74 Å². The van der Waals surface area contributed by atoms with Gasteiger partial charge >= 0.3 is 0 Å². The van der Waals surface area contributed by atoms with Crippen LogP contribution in [0.25, 0.3) is 0 Å². The molecule has 0 aromatic heterocycles. The number of anilines is 1. The molecule has 2 aliphatic heterocycles. The van der Waals surface area contributed by atoms with E-state index in [1.54, 1.807) is 12.1 Å². The van der Waals surface area contributed by atoms with Gasteiger partial charge in [-0.25, -0.2) is 4.39 Å². The van der Waals surface area contributed by atoms with Crippen LogP contribution in [0, 0.1) is 5.82 Å². The number of benzene rings is 1. The fourth-order valence-corrected chi connectivity index (χ4v) is 3.90. The standard InChI is InChI=1S/C19H29FN2O/c1-2-14-23-17-6-5-11-22(15-17)16-9-12-21(13-10-16)19-8-4-3-7-18(19)20/h3-4,7-8,16-17H,2,5-6,9-15H2,1H3. The lowest BCUT2D eigenvalue weighted by Gasteiger charge is -2.42. The maximum atomic E-state index is 13.9. The molecule has 0 radical (unpaired) electrons. The highest BCUT2D eigenvalue weighted by Gasteiger charge is 2.29. The Morgan fingerprint density at radius 2 is 1.91 bits per heavy atom. The summed E-state index contributed by atoms with van der Waals surface area (Å²) in [4.78, 5) is 4.81. The third-order valence-corrected chi connectivity index (χ3v) is 5.14. The number of piperidine rings is 2. The largest absolute Gasteiger partial charge is 0.377 e. The van der Waals surface area contributed by atoms with E-state index in [0.717, 1.165) is 51.2 Å². The average molecular weight is 320 g/mol. The second-order valence-electron chi connectivity index (χ2n) is 6.80. The number of rotatable bonds is 5. The lowest BCUT2D eigenvalue weighted by Crippen LogP contribution is -2.50. The first kappa shape index (κ1) is 16.7. The first-order chi connectivity index (χ1) is 11.3. The van der Waals surface area contributed by atoms with Gasteiger partial charge in [-0.05, 0) is 50.8 Å². The van der Waals surface area contributed by atoms with Crippen molar-refractivity contribution in [2.75, 3.05) is 37.7 Å². The van der Waals surface area contributed by atoms with E-state index in [-0.39, 0.29) is 5.82 Å². The van der Waals surface area contributed by atoms with Crippen LogP contribution >= 0.6 is 0 Å². The summed E-state index contributed by atoms with van der Waals surface area (Å²) >= 11 is 0. The quantitative estimate of drug-likeness (QED) is 0.823. The summed E-state index contributed by atoms with van der Waals surface area (Å²) in [6.45, 7) is 7.20. The van der Waals surface area contributed by atoms with E-state index in [9.17, 15) is 4.39 Å². The molecule has 1 aromatic carbocycles. The van der Waals surface area contributed by atoms with Crippen molar-refractivity contribution in [2.45, 2.75) is 51.2 Å². The minimum Gasteiger partial charge on any atom is -0.377 e. The molecule has 128 valence electrons. The summed E-state index contributed by atoms with van der Waals surface area (Å²) in [5.74, 6) is -0.100. The van der Waals surface area contributed by atoms with Gasteiger partial charge in [-0.2, -0.15) is 0 Å². The monoisotopic (exact) mass is 320 g/mol. The Hall–Kier alpha value is -1.13. The third kappa shape index (κ3) is 4.24. The molecule has 23 heavy (non-hydrogen) atoms. The number of ether oxygens (including phenoxy) is 1. The van der Waals surface area contributed by atoms with Gasteiger partial charge < -0.3 is 9.64 Å². The van der Waals surface area contributed by atoms with E-state index < -0.39 is 0 Å². The zero-order chi connectivity index (χ0) is 16.1. The van der Waals surface area contributed by atoms with Gasteiger partial charge in [0.05, 0.1) is 11.8 Å². The minimum atomic E-state index is -0.100. The molecule has 4 heteroatoms. The van der Waals surface area contributed by atoms with Gasteiger partial charge in [0.2, 0.25) is 0 Å². The second-order valence-corrected chi connectivity index (χ2v) is 6.80. The molecule has 0 bridgehead atoms. The van der Waals surface area contributed by atoms with Crippen molar-refractivity contribution in [3.63, 3.8) is 0 Å². The smallest absolute Gasteiger partial charge is 0.146 e. The van der Waals surface area contributed by atoms with Crippen molar-refractivity contribution in [2.24, 2.45) is 0 Å². The van der Waals surface area contributed by atoms with E-state index >= 15 is 0 Å². The average Bonchev–Trinajstić information content (AvgIpc) is 2.61. The summed E-state index contributed by atoms with van der Waals surface area (Å²) in [5, 5.41) is 0. The number of hydrogen-bond acceptors (Lipinski definition) is 3. The van der Waals surface area contributed by atoms with Crippen LogP contribution in [-0.4, -0.2) is 49.8 Å². The lowest BCUT2D eigenvalue weighted by molar-refractivity contribution is -0.0155. The van der Waals surface area contributed by atoms with Gasteiger partial charge in [0.25, 0.3) is 0 Å². The SMILES string of the molecule is CCCOC1CCCN(C2CCN(c3ccccc3F)CC2)C1. The summed E-state index contributed by atoms with van der Waals surface area (Å²) in [7, 11) is 0. The first-order valence-electron chi connectivity index (χ1n) is 9.13. The predicted octanol–water partition coefficient (Wildman–Crippen LogP) is 3.69. The van der Waals surface area contributed by atoms with Crippen molar-refractivity contribution >= 4 is 5.69 Å². The topological polar surface area (TPSA) is 15.7 Å². The molecule has 0 N–H and O–H groups in total. The number of nitrogens with zero attached hydrogens (tertiary/aromatic N) is 2. The van der Waals surface area contributed by atoms with Gasteiger partial charge in [0, 0.05) is 32.3 Å². The lowest BCUT2D eigenvalue weighted by atomic mass is 9.98. The molecule has 2 fully saturated rings. The molecule has 1 unspecified atom stereocenters. The molecule has 0 aliphatic carbocycles. The molecule has 0 saturated carbocycles. The molecule has 2 aliphatic rings. The normalized spacial score (nSPS) is 24.1. The fraction of sp³-hybridized carbons (Fsp3) is 0.684. The fourth-order valence-electron chi connectivity index (χ4n) is 3.90. The van der Waals surface area contributed by atoms with Crippen molar-refractivity contribution in [1.29, 1.82) is 0 Å². The number of hydrogen-bond donors (Lipinski definition) is 0. The third-order valence-electron chi connectivity index (χ3n) is 5.14. The van der Waals surface area contributed by atoms with Crippen LogP contribution < -0.4 is 4.90 Å². The first-order valence-corrected chi connectivity index (χ1v) is 9.13. The van der Waals surface area contributed by atoms with Gasteiger partial charge in [-0.15, -0.1) is 0 Å². The number of para-hydroxylation sites is 1. The van der Waals surface area contributed by atoms with E-state index in [0.29, 0.717) is 12.1 Å². The number of likely N-dealkylation sites (tertiary alicyclic amines) is 1. The Morgan fingerprint density at radius 1 is 1.13 bits per heavy atom. The molecule has 3 nitrogen and oxygen atoms in total. The molecule has 0 amide bonds. The highest BCUT2D eigenvalue weighted by atomic mass is 19.1. The predicted molar refractivity (Wildman–Crippen MR) is 92.5 cm³/mol. The Kier molecular flexibility index (Phi) is 5.90. The van der Waals surface area contributed by atoms with Crippen LogP contribution in [0.4, 0.5) is 10.1 Å². The van der Waals surface area contributed by atoms with Crippen LogP contribution in [0.15, 0.2) is 24.3 Å². The molecule has 2 saturated heterocycles. The Morgan fingerprint density at radius 3 is 2.65 bits per heavy atom. The van der Waals surface area contributed by atoms with Crippen molar-refractivity contribution in [3.05, 3.63) is 30.1 Å². The maximum absolute atomic E-state index is 13.9. The molecular weight excluding hydrogens is 291 g/mol. The molecule has 2 heterocycles. The maximum Gasteiger partial charge on any atom is 0.146 e. The summed E-state index contributed by atoms with van der Waals surface area (Å²) in [5.41, 5.74) is 0.758. The van der Waals surface area contributed by atoms with E-state index in [1.807, 2.05) is 12.1 Å². The molecule has 1 atom stereocenters. The zero-order valence-corrected chi connectivity index (χ0v) is 14.2. The summed E-state index contributed by atoms with van der Waals surface area (Å²) in [6, 6.07) is 7.76. The molecule has 1 aromatic rings. The van der Waals surface area contributed by atoms with Crippen LogP contribution in [0.1, 0.15) is 39.0 Å². The van der Waals surface area contributed by atoms with Crippen LogP contribution in [0.5, 0.6) is 0 Å². The van der Waals surface area contributed by atoms with Crippen molar-refractivity contribution in [1.82, 2.24) is 4.90 Å².